The first-order valence-corrected chi connectivity index (χ1v) is 9.91. The lowest BCUT2D eigenvalue weighted by Crippen LogP contribution is -2.42. The van der Waals surface area contributed by atoms with Gasteiger partial charge in [0.15, 0.2) is 11.6 Å². The topological polar surface area (TPSA) is 74.4 Å². The number of carbonyl (C=O) groups excluding carboxylic acids is 1. The molecule has 1 aliphatic heterocycles. The Morgan fingerprint density at radius 3 is 2.84 bits per heavy atom. The van der Waals surface area contributed by atoms with Crippen molar-refractivity contribution in [1.29, 1.82) is 0 Å². The second-order valence-electron chi connectivity index (χ2n) is 7.37. The summed E-state index contributed by atoms with van der Waals surface area (Å²) in [6.07, 6.45) is 3.44. The van der Waals surface area contributed by atoms with Crippen LogP contribution in [-0.4, -0.2) is 56.7 Å². The van der Waals surface area contributed by atoms with Gasteiger partial charge in [0.25, 0.3) is 5.91 Å². The Bertz CT molecular complexity index is 1080. The lowest BCUT2D eigenvalue weighted by atomic mass is 10.1. The van der Waals surface area contributed by atoms with E-state index in [0.29, 0.717) is 31.7 Å². The molecule has 1 aliphatic rings. The van der Waals surface area contributed by atoms with Gasteiger partial charge in [0.2, 0.25) is 0 Å². The Balaban J connectivity index is 1.37. The standard InChI is InChI=1S/C21H23F2N5O3/c1-26-12-14(11-24-26)21(29)28-6-8-31-20(13-28)19-9-15(27(2)25-19)5-7-30-16-3-4-17(22)18(23)10-16/h3-4,9-12,20H,5-8,13H2,1-2H3. The van der Waals surface area contributed by atoms with E-state index in [-0.39, 0.29) is 24.4 Å². The maximum atomic E-state index is 13.3. The van der Waals surface area contributed by atoms with Crippen LogP contribution in [0, 0.1) is 11.6 Å². The Morgan fingerprint density at radius 1 is 1.26 bits per heavy atom. The highest BCUT2D eigenvalue weighted by Gasteiger charge is 2.28. The average molecular weight is 431 g/mol. The van der Waals surface area contributed by atoms with Gasteiger partial charge in [-0.25, -0.2) is 8.78 Å². The minimum atomic E-state index is -0.944. The number of ether oxygens (including phenoxy) is 2. The molecule has 0 spiro atoms. The van der Waals surface area contributed by atoms with Gasteiger partial charge in [-0.15, -0.1) is 0 Å². The van der Waals surface area contributed by atoms with Gasteiger partial charge < -0.3 is 14.4 Å². The van der Waals surface area contributed by atoms with Gasteiger partial charge in [0.05, 0.1) is 37.2 Å². The maximum absolute atomic E-state index is 13.3. The van der Waals surface area contributed by atoms with Gasteiger partial charge in [-0.1, -0.05) is 0 Å². The van der Waals surface area contributed by atoms with Gasteiger partial charge in [-0.3, -0.25) is 14.2 Å². The third kappa shape index (κ3) is 4.74. The quantitative estimate of drug-likeness (QED) is 0.599. The molecule has 2 aromatic heterocycles. The highest BCUT2D eigenvalue weighted by atomic mass is 19.2. The molecule has 3 aromatic rings. The second-order valence-corrected chi connectivity index (χ2v) is 7.37. The minimum Gasteiger partial charge on any atom is -0.493 e. The van der Waals surface area contributed by atoms with Crippen molar-refractivity contribution in [1.82, 2.24) is 24.5 Å². The summed E-state index contributed by atoms with van der Waals surface area (Å²) in [5.74, 6) is -1.67. The number of morpholine rings is 1. The molecule has 0 bridgehead atoms. The zero-order valence-corrected chi connectivity index (χ0v) is 17.3. The molecule has 0 N–H and O–H groups in total. The molecule has 1 unspecified atom stereocenters. The molecule has 8 nitrogen and oxygen atoms in total. The van der Waals surface area contributed by atoms with Crippen molar-refractivity contribution in [2.75, 3.05) is 26.3 Å². The number of hydrogen-bond acceptors (Lipinski definition) is 5. The van der Waals surface area contributed by atoms with Crippen LogP contribution in [0.1, 0.15) is 27.8 Å². The molecule has 3 heterocycles. The van der Waals surface area contributed by atoms with Crippen LogP contribution < -0.4 is 4.74 Å². The molecular weight excluding hydrogens is 408 g/mol. The normalized spacial score (nSPS) is 16.5. The van der Waals surface area contributed by atoms with Gasteiger partial charge in [-0.2, -0.15) is 10.2 Å². The fourth-order valence-corrected chi connectivity index (χ4v) is 3.49. The van der Waals surface area contributed by atoms with Crippen LogP contribution in [0.2, 0.25) is 0 Å². The number of aryl methyl sites for hydroxylation is 2. The zero-order valence-electron chi connectivity index (χ0n) is 17.3. The van der Waals surface area contributed by atoms with Crippen molar-refractivity contribution in [3.63, 3.8) is 0 Å². The summed E-state index contributed by atoms with van der Waals surface area (Å²) in [5.41, 5.74) is 2.17. The molecule has 1 saturated heterocycles. The van der Waals surface area contributed by atoms with Crippen LogP contribution >= 0.6 is 0 Å². The van der Waals surface area contributed by atoms with E-state index < -0.39 is 11.6 Å². The Morgan fingerprint density at radius 2 is 2.10 bits per heavy atom. The van der Waals surface area contributed by atoms with Crippen LogP contribution in [0.5, 0.6) is 5.75 Å². The third-order valence-electron chi connectivity index (χ3n) is 5.15. The van der Waals surface area contributed by atoms with Crippen molar-refractivity contribution in [3.05, 3.63) is 65.2 Å². The summed E-state index contributed by atoms with van der Waals surface area (Å²) >= 11 is 0. The van der Waals surface area contributed by atoms with Crippen molar-refractivity contribution in [2.24, 2.45) is 14.1 Å². The number of amides is 1. The molecular formula is C21H23F2N5O3. The van der Waals surface area contributed by atoms with Gasteiger partial charge >= 0.3 is 0 Å². The summed E-state index contributed by atoms with van der Waals surface area (Å²) in [7, 11) is 3.59. The lowest BCUT2D eigenvalue weighted by Gasteiger charge is -2.31. The Labute approximate surface area is 178 Å². The molecule has 0 radical (unpaired) electrons. The lowest BCUT2D eigenvalue weighted by molar-refractivity contribution is -0.0249. The first-order valence-electron chi connectivity index (χ1n) is 9.91. The number of carbonyl (C=O) groups is 1. The number of hydrogen-bond donors (Lipinski definition) is 0. The fraction of sp³-hybridized carbons (Fsp3) is 0.381. The first kappa shape index (κ1) is 21.0. The summed E-state index contributed by atoms with van der Waals surface area (Å²) in [5, 5.41) is 8.58. The van der Waals surface area contributed by atoms with Crippen molar-refractivity contribution < 1.29 is 23.0 Å². The fourth-order valence-electron chi connectivity index (χ4n) is 3.49. The Kier molecular flexibility index (Phi) is 5.99. The smallest absolute Gasteiger partial charge is 0.257 e. The van der Waals surface area contributed by atoms with E-state index >= 15 is 0 Å². The van der Waals surface area contributed by atoms with Crippen molar-refractivity contribution >= 4 is 5.91 Å². The van der Waals surface area contributed by atoms with E-state index in [2.05, 4.69) is 10.2 Å². The van der Waals surface area contributed by atoms with E-state index in [1.165, 1.54) is 6.07 Å². The first-order chi connectivity index (χ1) is 14.9. The number of aromatic nitrogens is 4. The number of halogens is 2. The van der Waals surface area contributed by atoms with Crippen LogP contribution in [0.15, 0.2) is 36.7 Å². The van der Waals surface area contributed by atoms with Crippen LogP contribution in [-0.2, 0) is 25.3 Å². The van der Waals surface area contributed by atoms with Crippen molar-refractivity contribution in [2.45, 2.75) is 12.5 Å². The molecule has 31 heavy (non-hydrogen) atoms. The van der Waals surface area contributed by atoms with E-state index in [1.807, 2.05) is 13.1 Å². The molecule has 10 heteroatoms. The van der Waals surface area contributed by atoms with Crippen LogP contribution in [0.4, 0.5) is 8.78 Å². The highest BCUT2D eigenvalue weighted by Crippen LogP contribution is 2.23. The maximum Gasteiger partial charge on any atom is 0.257 e. The van der Waals surface area contributed by atoms with Crippen molar-refractivity contribution in [3.8, 4) is 5.75 Å². The molecule has 1 fully saturated rings. The van der Waals surface area contributed by atoms with Gasteiger partial charge in [0.1, 0.15) is 11.9 Å². The predicted molar refractivity (Wildman–Crippen MR) is 107 cm³/mol. The molecule has 0 saturated carbocycles. The van der Waals surface area contributed by atoms with Gasteiger partial charge in [-0.05, 0) is 18.2 Å². The van der Waals surface area contributed by atoms with E-state index in [0.717, 1.165) is 23.5 Å². The molecule has 0 aliphatic carbocycles. The monoisotopic (exact) mass is 431 g/mol. The molecule has 4 rings (SSSR count). The highest BCUT2D eigenvalue weighted by molar-refractivity contribution is 5.93. The van der Waals surface area contributed by atoms with Crippen LogP contribution in [0.25, 0.3) is 0 Å². The number of rotatable bonds is 6. The molecule has 1 aromatic carbocycles. The zero-order chi connectivity index (χ0) is 22.0. The number of nitrogens with zero attached hydrogens (tertiary/aromatic N) is 5. The molecule has 1 atom stereocenters. The second kappa shape index (κ2) is 8.84. The van der Waals surface area contributed by atoms with E-state index in [4.69, 9.17) is 9.47 Å². The van der Waals surface area contributed by atoms with E-state index in [9.17, 15) is 13.6 Å². The predicted octanol–water partition coefficient (Wildman–Crippen LogP) is 2.27. The van der Waals surface area contributed by atoms with Gasteiger partial charge in [0, 0.05) is 45.0 Å². The minimum absolute atomic E-state index is 0.0857. The molecule has 1 amide bonds. The average Bonchev–Trinajstić information content (AvgIpc) is 3.36. The summed E-state index contributed by atoms with van der Waals surface area (Å²) in [6.45, 7) is 1.60. The largest absolute Gasteiger partial charge is 0.493 e. The summed E-state index contributed by atoms with van der Waals surface area (Å²) in [6, 6.07) is 5.35. The van der Waals surface area contributed by atoms with E-state index in [1.54, 1.807) is 33.7 Å². The number of benzene rings is 1. The molecule has 164 valence electrons. The summed E-state index contributed by atoms with van der Waals surface area (Å²) < 4.78 is 41.0. The SMILES string of the molecule is Cn1cc(C(=O)N2CCOC(c3cc(CCOc4ccc(F)c(F)c4)n(C)n3)C2)cn1. The Hall–Kier alpha value is -3.27. The van der Waals surface area contributed by atoms with Crippen LogP contribution in [0.3, 0.4) is 0 Å². The summed E-state index contributed by atoms with van der Waals surface area (Å²) in [4.78, 5) is 14.4. The third-order valence-corrected chi connectivity index (χ3v) is 5.15.